The first-order valence-corrected chi connectivity index (χ1v) is 23.7. The summed E-state index contributed by atoms with van der Waals surface area (Å²) in [6, 6.07) is 0. The fraction of sp³-hybridized carbons (Fsp3) is 0.739. The molecule has 0 bridgehead atoms. The van der Waals surface area contributed by atoms with Gasteiger partial charge in [0.1, 0.15) is 12.7 Å². The lowest BCUT2D eigenvalue weighted by molar-refractivity contribution is -0.161. The maximum absolute atomic E-state index is 12.6. The normalized spacial score (nSPS) is 15.0. The van der Waals surface area contributed by atoms with Gasteiger partial charge < -0.3 is 29.7 Å². The van der Waals surface area contributed by atoms with Crippen LogP contribution in [0.5, 0.6) is 0 Å². The summed E-state index contributed by atoms with van der Waals surface area (Å²) >= 11 is 0. The maximum atomic E-state index is 12.6. The number of rotatable bonds is 40. The zero-order valence-electron chi connectivity index (χ0n) is 36.3. The molecule has 4 N–H and O–H groups in total. The van der Waals surface area contributed by atoms with Crippen molar-refractivity contribution in [1.29, 1.82) is 0 Å². The molecule has 58 heavy (non-hydrogen) atoms. The number of hydrogen-bond acceptors (Lipinski definition) is 10. The van der Waals surface area contributed by atoms with E-state index in [1.165, 1.54) is 70.6 Å². The zero-order valence-corrected chi connectivity index (χ0v) is 37.2. The molecule has 0 saturated carbocycles. The second-order valence-electron chi connectivity index (χ2n) is 15.4. The van der Waals surface area contributed by atoms with Gasteiger partial charge in [-0.25, -0.2) is 4.57 Å². The van der Waals surface area contributed by atoms with Crippen LogP contribution in [0.25, 0.3) is 0 Å². The highest BCUT2D eigenvalue weighted by Crippen LogP contribution is 2.43. The van der Waals surface area contributed by atoms with Gasteiger partial charge in [-0.2, -0.15) is 0 Å². The van der Waals surface area contributed by atoms with E-state index in [4.69, 9.17) is 19.1 Å². The van der Waals surface area contributed by atoms with Gasteiger partial charge in [0.15, 0.2) is 6.10 Å². The summed E-state index contributed by atoms with van der Waals surface area (Å²) in [5.41, 5.74) is 0. The van der Waals surface area contributed by atoms with Gasteiger partial charge in [0.25, 0.3) is 0 Å². The minimum atomic E-state index is -4.65. The highest BCUT2D eigenvalue weighted by atomic mass is 31.2. The van der Waals surface area contributed by atoms with Gasteiger partial charge in [-0.3, -0.25) is 18.6 Å². The van der Waals surface area contributed by atoms with Crippen molar-refractivity contribution in [1.82, 2.24) is 0 Å². The van der Waals surface area contributed by atoms with E-state index < -0.39 is 57.9 Å². The van der Waals surface area contributed by atoms with E-state index in [-0.39, 0.29) is 19.4 Å². The van der Waals surface area contributed by atoms with Crippen molar-refractivity contribution in [3.8, 4) is 0 Å². The van der Waals surface area contributed by atoms with Crippen LogP contribution in [0.2, 0.25) is 0 Å². The third-order valence-electron chi connectivity index (χ3n) is 9.19. The van der Waals surface area contributed by atoms with Crippen molar-refractivity contribution >= 4 is 19.8 Å². The molecule has 2 unspecified atom stereocenters. The Hall–Kier alpha value is -2.37. The fourth-order valence-corrected chi connectivity index (χ4v) is 6.56. The Morgan fingerprint density at radius 3 is 1.81 bits per heavy atom. The predicted molar refractivity (Wildman–Crippen MR) is 234 cm³/mol. The minimum Gasteiger partial charge on any atom is -0.462 e. The maximum Gasteiger partial charge on any atom is 0.472 e. The minimum absolute atomic E-state index is 0.130. The first-order valence-electron chi connectivity index (χ1n) is 22.2. The average molecular weight is 841 g/mol. The van der Waals surface area contributed by atoms with E-state index in [0.29, 0.717) is 32.1 Å². The Kier molecular flexibility index (Phi) is 38.4. The van der Waals surface area contributed by atoms with E-state index >= 15 is 0 Å². The van der Waals surface area contributed by atoms with E-state index in [0.717, 1.165) is 38.0 Å². The SMILES string of the molecule is CC/C=C\C/C=C\CC(O)/C=C/C=C\C/C=C\CCCC(=O)OC[C@H](COP(=O)(O)OC[C@@H](O)CO)OC(=O)CCCCCCCCCCCCCCCCC(C)C. The molecule has 4 atom stereocenters. The molecular weight excluding hydrogens is 759 g/mol. The van der Waals surface area contributed by atoms with Gasteiger partial charge in [0.2, 0.25) is 0 Å². The van der Waals surface area contributed by atoms with Gasteiger partial charge in [0, 0.05) is 12.8 Å². The van der Waals surface area contributed by atoms with Crippen LogP contribution < -0.4 is 0 Å². The Balaban J connectivity index is 4.43. The number of carbonyl (C=O) groups excluding carboxylic acids is 2. The summed E-state index contributed by atoms with van der Waals surface area (Å²) in [5.74, 6) is -0.218. The molecule has 336 valence electrons. The third-order valence-corrected chi connectivity index (χ3v) is 10.1. The van der Waals surface area contributed by atoms with Crippen LogP contribution in [0.15, 0.2) is 60.8 Å². The van der Waals surface area contributed by atoms with Crippen LogP contribution in [0.4, 0.5) is 0 Å². The van der Waals surface area contributed by atoms with Gasteiger partial charge in [-0.15, -0.1) is 0 Å². The number of phosphoric ester groups is 1. The Morgan fingerprint density at radius 2 is 1.19 bits per heavy atom. The van der Waals surface area contributed by atoms with E-state index in [1.807, 2.05) is 42.5 Å². The summed E-state index contributed by atoms with van der Waals surface area (Å²) in [7, 11) is -4.65. The van der Waals surface area contributed by atoms with Crippen LogP contribution in [0.3, 0.4) is 0 Å². The molecule has 0 aromatic heterocycles. The van der Waals surface area contributed by atoms with Gasteiger partial charge in [0.05, 0.1) is 25.9 Å². The Bertz CT molecular complexity index is 1180. The second kappa shape index (κ2) is 40.1. The number of hydrogen-bond donors (Lipinski definition) is 4. The van der Waals surface area contributed by atoms with E-state index in [2.05, 4.69) is 37.4 Å². The number of aliphatic hydroxyl groups is 3. The quantitative estimate of drug-likeness (QED) is 0.0152. The van der Waals surface area contributed by atoms with E-state index in [9.17, 15) is 29.3 Å². The number of phosphoric acid groups is 1. The monoisotopic (exact) mass is 841 g/mol. The summed E-state index contributed by atoms with van der Waals surface area (Å²) in [6.07, 6.45) is 39.4. The number of ether oxygens (including phenoxy) is 2. The lowest BCUT2D eigenvalue weighted by Gasteiger charge is -2.20. The smallest absolute Gasteiger partial charge is 0.462 e. The third kappa shape index (κ3) is 40.4. The number of allylic oxidation sites excluding steroid dienone is 8. The van der Waals surface area contributed by atoms with Crippen molar-refractivity contribution in [3.05, 3.63) is 60.8 Å². The van der Waals surface area contributed by atoms with Crippen LogP contribution in [0.1, 0.15) is 168 Å². The van der Waals surface area contributed by atoms with Gasteiger partial charge in [-0.1, -0.05) is 171 Å². The van der Waals surface area contributed by atoms with Crippen molar-refractivity contribution < 1.29 is 52.9 Å². The lowest BCUT2D eigenvalue weighted by Crippen LogP contribution is -2.29. The topological polar surface area (TPSA) is 169 Å². The molecule has 0 spiro atoms. The fourth-order valence-electron chi connectivity index (χ4n) is 5.77. The summed E-state index contributed by atoms with van der Waals surface area (Å²) in [4.78, 5) is 35.0. The molecule has 0 rings (SSSR count). The Morgan fingerprint density at radius 1 is 0.638 bits per heavy atom. The zero-order chi connectivity index (χ0) is 43.0. The summed E-state index contributed by atoms with van der Waals surface area (Å²) < 4.78 is 32.6. The van der Waals surface area contributed by atoms with Crippen LogP contribution >= 0.6 is 7.82 Å². The molecule has 0 saturated heterocycles. The molecular formula is C46H81O11P. The number of carbonyl (C=O) groups is 2. The molecule has 12 heteroatoms. The van der Waals surface area contributed by atoms with Crippen molar-refractivity contribution in [2.45, 2.75) is 187 Å². The van der Waals surface area contributed by atoms with E-state index in [1.54, 1.807) is 6.08 Å². The molecule has 0 radical (unpaired) electrons. The lowest BCUT2D eigenvalue weighted by atomic mass is 10.0. The molecule has 0 amide bonds. The second-order valence-corrected chi connectivity index (χ2v) is 16.8. The highest BCUT2D eigenvalue weighted by molar-refractivity contribution is 7.47. The van der Waals surface area contributed by atoms with Gasteiger partial charge >= 0.3 is 19.8 Å². The molecule has 0 aliphatic heterocycles. The molecule has 0 heterocycles. The summed E-state index contributed by atoms with van der Waals surface area (Å²) in [6.45, 7) is 4.44. The van der Waals surface area contributed by atoms with Crippen LogP contribution in [-0.2, 0) is 32.7 Å². The molecule has 0 aliphatic rings. The standard InChI is InChI=1S/C46H81O11P/c1-4-5-6-7-23-28-33-42(48)34-29-24-19-16-17-20-25-30-35-45(50)54-39-44(40-56-58(52,53)55-38-43(49)37-47)57-46(51)36-31-26-21-15-13-11-9-8-10-12-14-18-22-27-32-41(2)3/h5-6,17,19-20,23-24,28-29,34,41-44,47-49H,4,7-16,18,21-22,25-27,30-33,35-40H2,1-3H3,(H,52,53)/b6-5-,20-17-,24-19-,28-23-,34-29+/t42?,43-,44+/m0/s1. The molecule has 0 aromatic rings. The first-order chi connectivity index (χ1) is 28.0. The average Bonchev–Trinajstić information content (AvgIpc) is 3.19. The number of unbranched alkanes of at least 4 members (excludes halogenated alkanes) is 14. The number of aliphatic hydroxyl groups excluding tert-OH is 3. The van der Waals surface area contributed by atoms with Crippen molar-refractivity contribution in [2.75, 3.05) is 26.4 Å². The molecule has 0 aromatic carbocycles. The molecule has 0 fully saturated rings. The van der Waals surface area contributed by atoms with Crippen LogP contribution in [0, 0.1) is 5.92 Å². The van der Waals surface area contributed by atoms with Crippen LogP contribution in [-0.4, -0.2) is 76.9 Å². The Labute approximate surface area is 351 Å². The summed E-state index contributed by atoms with van der Waals surface area (Å²) in [5, 5.41) is 28.3. The van der Waals surface area contributed by atoms with Crippen molar-refractivity contribution in [3.63, 3.8) is 0 Å². The molecule has 11 nitrogen and oxygen atoms in total. The highest BCUT2D eigenvalue weighted by Gasteiger charge is 2.27. The first kappa shape index (κ1) is 55.6. The number of esters is 2. The van der Waals surface area contributed by atoms with Crippen molar-refractivity contribution in [2.24, 2.45) is 5.92 Å². The molecule has 0 aliphatic carbocycles. The largest absolute Gasteiger partial charge is 0.472 e. The van der Waals surface area contributed by atoms with Gasteiger partial charge in [-0.05, 0) is 50.9 Å². The predicted octanol–water partition coefficient (Wildman–Crippen LogP) is 10.7.